The van der Waals surface area contributed by atoms with Crippen molar-refractivity contribution in [2.24, 2.45) is 0 Å². The van der Waals surface area contributed by atoms with Gasteiger partial charge in [-0.3, -0.25) is 14.5 Å². The fourth-order valence-electron chi connectivity index (χ4n) is 2.66. The van der Waals surface area contributed by atoms with Crippen LogP contribution in [0.25, 0.3) is 6.08 Å². The van der Waals surface area contributed by atoms with Crippen LogP contribution in [0.3, 0.4) is 0 Å². The molecule has 29 heavy (non-hydrogen) atoms. The SMILES string of the molecule is C#CCOc1c(I)cc(/C=C2\SC(=O)N(Cc3ccccc3Br)C2=O)cc1OC. The molecule has 0 aromatic heterocycles. The molecule has 0 atom stereocenters. The van der Waals surface area contributed by atoms with Crippen molar-refractivity contribution in [3.05, 3.63) is 60.5 Å². The number of terminal acetylenes is 1. The number of benzene rings is 2. The molecule has 0 spiro atoms. The molecule has 1 aliphatic heterocycles. The zero-order valence-electron chi connectivity index (χ0n) is 15.3. The summed E-state index contributed by atoms with van der Waals surface area (Å²) in [6, 6.07) is 11.1. The third-order valence-corrected chi connectivity index (χ3v) is 6.49. The van der Waals surface area contributed by atoms with Gasteiger partial charge in [0.2, 0.25) is 0 Å². The van der Waals surface area contributed by atoms with Gasteiger partial charge in [0.15, 0.2) is 11.5 Å². The molecule has 2 amide bonds. The van der Waals surface area contributed by atoms with Crippen LogP contribution in [-0.4, -0.2) is 29.8 Å². The Labute approximate surface area is 195 Å². The Morgan fingerprint density at radius 1 is 1.31 bits per heavy atom. The molecule has 3 rings (SSSR count). The van der Waals surface area contributed by atoms with Gasteiger partial charge in [-0.25, -0.2) is 0 Å². The van der Waals surface area contributed by atoms with E-state index in [2.05, 4.69) is 44.4 Å². The molecular weight excluding hydrogens is 569 g/mol. The van der Waals surface area contributed by atoms with Gasteiger partial charge in [0.25, 0.3) is 11.1 Å². The average molecular weight is 584 g/mol. The molecule has 2 aromatic carbocycles. The maximum absolute atomic E-state index is 12.8. The molecule has 0 aliphatic carbocycles. The number of ether oxygens (including phenoxy) is 2. The number of nitrogens with zero attached hydrogens (tertiary/aromatic N) is 1. The van der Waals surface area contributed by atoms with Crippen molar-refractivity contribution in [1.82, 2.24) is 4.90 Å². The van der Waals surface area contributed by atoms with E-state index in [0.29, 0.717) is 16.4 Å². The number of imide groups is 1. The predicted octanol–water partition coefficient (Wildman–Crippen LogP) is 5.31. The summed E-state index contributed by atoms with van der Waals surface area (Å²) in [4.78, 5) is 26.8. The van der Waals surface area contributed by atoms with Crippen LogP contribution in [0.2, 0.25) is 0 Å². The fraction of sp³-hybridized carbons (Fsp3) is 0.143. The third-order valence-electron chi connectivity index (χ3n) is 4.01. The average Bonchev–Trinajstić information content (AvgIpc) is 2.95. The molecule has 1 saturated heterocycles. The van der Waals surface area contributed by atoms with Gasteiger partial charge < -0.3 is 9.47 Å². The Balaban J connectivity index is 1.87. The smallest absolute Gasteiger partial charge is 0.293 e. The zero-order chi connectivity index (χ0) is 21.0. The number of halogens is 2. The van der Waals surface area contributed by atoms with Crippen LogP contribution in [0.5, 0.6) is 11.5 Å². The first kappa shape index (κ1) is 21.7. The van der Waals surface area contributed by atoms with Crippen LogP contribution < -0.4 is 9.47 Å². The van der Waals surface area contributed by atoms with Gasteiger partial charge in [0.05, 0.1) is 22.1 Å². The van der Waals surface area contributed by atoms with E-state index >= 15 is 0 Å². The number of rotatable bonds is 6. The van der Waals surface area contributed by atoms with Crippen molar-refractivity contribution in [3.63, 3.8) is 0 Å². The molecule has 2 aromatic rings. The highest BCUT2D eigenvalue weighted by molar-refractivity contribution is 14.1. The predicted molar refractivity (Wildman–Crippen MR) is 126 cm³/mol. The van der Waals surface area contributed by atoms with Gasteiger partial charge in [-0.05, 0) is 69.8 Å². The molecule has 0 N–H and O–H groups in total. The Morgan fingerprint density at radius 2 is 2.07 bits per heavy atom. The van der Waals surface area contributed by atoms with Crippen LogP contribution in [0.15, 0.2) is 45.8 Å². The van der Waals surface area contributed by atoms with Crippen LogP contribution in [0.4, 0.5) is 4.79 Å². The van der Waals surface area contributed by atoms with E-state index < -0.39 is 0 Å². The standard InChI is InChI=1S/C21H15BrINO4S/c1-3-8-28-19-16(23)9-13(10-17(19)27-2)11-18-20(25)24(21(26)29-18)12-14-6-4-5-7-15(14)22/h1,4-7,9-11H,8,12H2,2H3/b18-11-. The van der Waals surface area contributed by atoms with E-state index in [-0.39, 0.29) is 24.3 Å². The number of thioether (sulfide) groups is 1. The normalized spacial score (nSPS) is 15.0. The first-order valence-electron chi connectivity index (χ1n) is 8.37. The van der Waals surface area contributed by atoms with Crippen molar-refractivity contribution in [2.45, 2.75) is 6.54 Å². The maximum Gasteiger partial charge on any atom is 0.293 e. The van der Waals surface area contributed by atoms with Gasteiger partial charge >= 0.3 is 0 Å². The van der Waals surface area contributed by atoms with E-state index in [4.69, 9.17) is 15.9 Å². The number of carbonyl (C=O) groups excluding carboxylic acids is 2. The molecule has 1 heterocycles. The van der Waals surface area contributed by atoms with Gasteiger partial charge in [0, 0.05) is 4.47 Å². The van der Waals surface area contributed by atoms with E-state index in [1.165, 1.54) is 12.0 Å². The lowest BCUT2D eigenvalue weighted by molar-refractivity contribution is -0.123. The Bertz CT molecular complexity index is 1050. The molecule has 0 unspecified atom stereocenters. The summed E-state index contributed by atoms with van der Waals surface area (Å²) < 4.78 is 12.6. The second-order valence-corrected chi connectivity index (χ2v) is 8.90. The van der Waals surface area contributed by atoms with E-state index in [0.717, 1.165) is 30.9 Å². The number of amides is 2. The van der Waals surface area contributed by atoms with E-state index in [1.807, 2.05) is 30.3 Å². The first-order chi connectivity index (χ1) is 13.9. The summed E-state index contributed by atoms with van der Waals surface area (Å²) in [6.45, 7) is 0.336. The van der Waals surface area contributed by atoms with Crippen molar-refractivity contribution < 1.29 is 19.1 Å². The topological polar surface area (TPSA) is 55.8 Å². The molecule has 1 aliphatic rings. The van der Waals surface area contributed by atoms with Gasteiger partial charge in [-0.2, -0.15) is 0 Å². The minimum Gasteiger partial charge on any atom is -0.493 e. The second-order valence-electron chi connectivity index (χ2n) is 5.89. The van der Waals surface area contributed by atoms with Gasteiger partial charge in [0.1, 0.15) is 6.61 Å². The van der Waals surface area contributed by atoms with Crippen molar-refractivity contribution >= 4 is 67.5 Å². The minimum absolute atomic E-state index is 0.125. The third kappa shape index (κ3) is 4.97. The van der Waals surface area contributed by atoms with Crippen molar-refractivity contribution in [1.29, 1.82) is 0 Å². The summed E-state index contributed by atoms with van der Waals surface area (Å²) in [5.41, 5.74) is 1.59. The number of hydrogen-bond donors (Lipinski definition) is 0. The highest BCUT2D eigenvalue weighted by atomic mass is 127. The lowest BCUT2D eigenvalue weighted by Crippen LogP contribution is -2.27. The molecular formula is C21H15BrINO4S. The van der Waals surface area contributed by atoms with Crippen molar-refractivity contribution in [2.75, 3.05) is 13.7 Å². The Kier molecular flexibility index (Phi) is 7.27. The zero-order valence-corrected chi connectivity index (χ0v) is 19.8. The number of methoxy groups -OCH3 is 1. The second kappa shape index (κ2) is 9.69. The Hall–Kier alpha value is -1.96. The summed E-state index contributed by atoms with van der Waals surface area (Å²) in [7, 11) is 1.53. The minimum atomic E-state index is -0.322. The largest absolute Gasteiger partial charge is 0.493 e. The van der Waals surface area contributed by atoms with Crippen LogP contribution in [0.1, 0.15) is 11.1 Å². The molecule has 5 nitrogen and oxygen atoms in total. The summed E-state index contributed by atoms with van der Waals surface area (Å²) in [5.74, 6) is 3.15. The van der Waals surface area contributed by atoms with E-state index in [1.54, 1.807) is 12.1 Å². The van der Waals surface area contributed by atoms with E-state index in [9.17, 15) is 9.59 Å². The molecule has 0 saturated carbocycles. The van der Waals surface area contributed by atoms with Crippen molar-refractivity contribution in [3.8, 4) is 23.8 Å². The lowest BCUT2D eigenvalue weighted by Gasteiger charge is -2.13. The van der Waals surface area contributed by atoms with Crippen LogP contribution in [-0.2, 0) is 11.3 Å². The molecule has 148 valence electrons. The number of carbonyl (C=O) groups is 2. The van der Waals surface area contributed by atoms with Gasteiger partial charge in [-0.1, -0.05) is 40.0 Å². The Morgan fingerprint density at radius 3 is 2.76 bits per heavy atom. The molecule has 8 heteroatoms. The van der Waals surface area contributed by atoms with Gasteiger partial charge in [-0.15, -0.1) is 6.42 Å². The summed E-state index contributed by atoms with van der Waals surface area (Å²) in [5, 5.41) is -0.298. The highest BCUT2D eigenvalue weighted by Gasteiger charge is 2.35. The monoisotopic (exact) mass is 583 g/mol. The summed E-state index contributed by atoms with van der Waals surface area (Å²) in [6.07, 6.45) is 6.94. The lowest BCUT2D eigenvalue weighted by atomic mass is 10.1. The molecule has 0 radical (unpaired) electrons. The number of hydrogen-bond acceptors (Lipinski definition) is 5. The van der Waals surface area contributed by atoms with Crippen LogP contribution in [0, 0.1) is 15.9 Å². The highest BCUT2D eigenvalue weighted by Crippen LogP contribution is 2.38. The molecule has 1 fully saturated rings. The van der Waals surface area contributed by atoms with Crippen LogP contribution >= 0.6 is 50.3 Å². The molecule has 0 bridgehead atoms. The fourth-order valence-corrected chi connectivity index (χ4v) is 4.69. The maximum atomic E-state index is 12.8. The summed E-state index contributed by atoms with van der Waals surface area (Å²) >= 11 is 6.49. The quantitative estimate of drug-likeness (QED) is 0.262. The first-order valence-corrected chi connectivity index (χ1v) is 11.1.